The van der Waals surface area contributed by atoms with Gasteiger partial charge in [-0.1, -0.05) is 11.3 Å². The Hall–Kier alpha value is -1.60. The minimum Gasteiger partial charge on any atom is -0.296 e. The van der Waals surface area contributed by atoms with Gasteiger partial charge >= 0.3 is 5.00 Å². The third kappa shape index (κ3) is 1.92. The second kappa shape index (κ2) is 3.87. The highest BCUT2D eigenvalue weighted by Gasteiger charge is 2.13. The molecule has 2 rings (SSSR count). The van der Waals surface area contributed by atoms with Crippen molar-refractivity contribution in [2.75, 3.05) is 0 Å². The van der Waals surface area contributed by atoms with Crippen molar-refractivity contribution in [1.82, 2.24) is 4.98 Å². The van der Waals surface area contributed by atoms with Gasteiger partial charge in [0.1, 0.15) is 10.7 Å². The van der Waals surface area contributed by atoms with Crippen molar-refractivity contribution in [3.63, 3.8) is 0 Å². The van der Waals surface area contributed by atoms with Gasteiger partial charge in [0, 0.05) is 11.4 Å². The van der Waals surface area contributed by atoms with Crippen LogP contribution >= 0.6 is 22.7 Å². The summed E-state index contributed by atoms with van der Waals surface area (Å²) in [7, 11) is 0. The van der Waals surface area contributed by atoms with Crippen LogP contribution in [0.15, 0.2) is 17.5 Å². The van der Waals surface area contributed by atoms with E-state index in [0.29, 0.717) is 21.9 Å². The first-order chi connectivity index (χ1) is 7.20. The average Bonchev–Trinajstić information content (AvgIpc) is 2.86. The van der Waals surface area contributed by atoms with Gasteiger partial charge in [0.2, 0.25) is 0 Å². The third-order valence-corrected chi connectivity index (χ3v) is 3.69. The number of aldehydes is 1. The lowest BCUT2D eigenvalue weighted by Crippen LogP contribution is -1.80. The molecule has 76 valence electrons. The van der Waals surface area contributed by atoms with E-state index in [1.54, 1.807) is 11.4 Å². The average molecular weight is 240 g/mol. The molecule has 0 aliphatic carbocycles. The van der Waals surface area contributed by atoms with Crippen molar-refractivity contribution in [2.45, 2.75) is 0 Å². The van der Waals surface area contributed by atoms with E-state index >= 15 is 0 Å². The largest absolute Gasteiger partial charge is 0.324 e. The molecule has 0 aliphatic heterocycles. The third-order valence-electron chi connectivity index (χ3n) is 1.63. The molecular formula is C8H4N2O3S2. The van der Waals surface area contributed by atoms with E-state index in [1.807, 2.05) is 0 Å². The highest BCUT2D eigenvalue weighted by Crippen LogP contribution is 2.33. The Morgan fingerprint density at radius 2 is 2.27 bits per heavy atom. The summed E-state index contributed by atoms with van der Waals surface area (Å²) in [6, 6.07) is 3.07. The molecule has 0 atom stereocenters. The van der Waals surface area contributed by atoms with Crippen LogP contribution in [-0.2, 0) is 0 Å². The predicted octanol–water partition coefficient (Wildman–Crippen LogP) is 2.59. The van der Waals surface area contributed by atoms with Crippen LogP contribution in [0.25, 0.3) is 9.88 Å². The molecule has 0 amide bonds. The van der Waals surface area contributed by atoms with E-state index in [2.05, 4.69) is 4.98 Å². The molecule has 0 radical (unpaired) electrons. The second-order valence-electron chi connectivity index (χ2n) is 2.59. The van der Waals surface area contributed by atoms with Crippen LogP contribution < -0.4 is 0 Å². The number of thiophene rings is 1. The summed E-state index contributed by atoms with van der Waals surface area (Å²) in [5.74, 6) is 0. The topological polar surface area (TPSA) is 73.1 Å². The van der Waals surface area contributed by atoms with Gasteiger partial charge in [-0.3, -0.25) is 14.9 Å². The van der Waals surface area contributed by atoms with Crippen molar-refractivity contribution in [1.29, 1.82) is 0 Å². The van der Waals surface area contributed by atoms with Crippen LogP contribution in [0.5, 0.6) is 0 Å². The van der Waals surface area contributed by atoms with Crippen molar-refractivity contribution < 1.29 is 9.72 Å². The standard InChI is InChI=1S/C8H4N2O3S2/c11-3-5-4-14-8(9-5)6-1-2-7(15-6)10(12)13/h1-4H. The monoisotopic (exact) mass is 240 g/mol. The highest BCUT2D eigenvalue weighted by molar-refractivity contribution is 7.23. The molecule has 0 aliphatic rings. The molecule has 0 saturated heterocycles. The molecule has 5 nitrogen and oxygen atoms in total. The molecule has 0 bridgehead atoms. The Labute approximate surface area is 92.2 Å². The molecule has 2 heterocycles. The van der Waals surface area contributed by atoms with E-state index in [-0.39, 0.29) is 5.00 Å². The summed E-state index contributed by atoms with van der Waals surface area (Å²) in [5.41, 5.74) is 0.353. The molecular weight excluding hydrogens is 236 g/mol. The Kier molecular flexibility index (Phi) is 2.57. The molecule has 7 heteroatoms. The first-order valence-corrected chi connectivity index (χ1v) is 5.55. The molecule has 0 unspecified atom stereocenters. The number of nitrogens with zero attached hydrogens (tertiary/aromatic N) is 2. The quantitative estimate of drug-likeness (QED) is 0.469. The minimum atomic E-state index is -0.442. The summed E-state index contributed by atoms with van der Waals surface area (Å²) >= 11 is 2.35. The van der Waals surface area contributed by atoms with Crippen LogP contribution in [0.4, 0.5) is 5.00 Å². The van der Waals surface area contributed by atoms with E-state index in [0.717, 1.165) is 11.3 Å². The number of carbonyl (C=O) groups is 1. The molecule has 0 fully saturated rings. The van der Waals surface area contributed by atoms with Crippen molar-refractivity contribution in [3.8, 4) is 9.88 Å². The summed E-state index contributed by atoms with van der Waals surface area (Å²) in [4.78, 5) is 25.1. The van der Waals surface area contributed by atoms with Crippen LogP contribution in [0.1, 0.15) is 10.5 Å². The summed E-state index contributed by atoms with van der Waals surface area (Å²) in [5, 5.41) is 12.8. The fourth-order valence-electron chi connectivity index (χ4n) is 0.994. The molecule has 0 saturated carbocycles. The number of nitro groups is 1. The van der Waals surface area contributed by atoms with Crippen LogP contribution in [0, 0.1) is 10.1 Å². The van der Waals surface area contributed by atoms with Gasteiger partial charge in [-0.25, -0.2) is 4.98 Å². The summed E-state index contributed by atoms with van der Waals surface area (Å²) in [6.07, 6.45) is 0.655. The molecule has 0 spiro atoms. The van der Waals surface area contributed by atoms with Crippen molar-refractivity contribution in [3.05, 3.63) is 33.3 Å². The van der Waals surface area contributed by atoms with Gasteiger partial charge in [0.05, 0.1) is 9.80 Å². The molecule has 2 aromatic heterocycles. The van der Waals surface area contributed by atoms with Crippen LogP contribution in [-0.4, -0.2) is 16.2 Å². The Bertz CT molecular complexity index is 517. The Morgan fingerprint density at radius 3 is 2.80 bits per heavy atom. The normalized spacial score (nSPS) is 10.1. The fraction of sp³-hybridized carbons (Fsp3) is 0. The smallest absolute Gasteiger partial charge is 0.296 e. The lowest BCUT2D eigenvalue weighted by atomic mass is 10.5. The van der Waals surface area contributed by atoms with Crippen LogP contribution in [0.3, 0.4) is 0 Å². The van der Waals surface area contributed by atoms with Gasteiger partial charge < -0.3 is 0 Å². The maximum absolute atomic E-state index is 10.4. The van der Waals surface area contributed by atoms with Gasteiger partial charge in [0.25, 0.3) is 0 Å². The Balaban J connectivity index is 2.36. The first-order valence-electron chi connectivity index (χ1n) is 3.86. The zero-order valence-electron chi connectivity index (χ0n) is 7.25. The molecule has 0 N–H and O–H groups in total. The number of carbonyl (C=O) groups excluding carboxylic acids is 1. The van der Waals surface area contributed by atoms with Gasteiger partial charge in [-0.2, -0.15) is 0 Å². The number of rotatable bonds is 3. The SMILES string of the molecule is O=Cc1csc(-c2ccc([N+](=O)[O-])s2)n1. The molecule has 15 heavy (non-hydrogen) atoms. The lowest BCUT2D eigenvalue weighted by molar-refractivity contribution is -0.380. The maximum Gasteiger partial charge on any atom is 0.324 e. The van der Waals surface area contributed by atoms with Crippen molar-refractivity contribution in [2.24, 2.45) is 0 Å². The number of aromatic nitrogens is 1. The van der Waals surface area contributed by atoms with E-state index in [4.69, 9.17) is 0 Å². The maximum atomic E-state index is 10.4. The van der Waals surface area contributed by atoms with E-state index in [1.165, 1.54) is 17.4 Å². The minimum absolute atomic E-state index is 0.0767. The zero-order chi connectivity index (χ0) is 10.8. The summed E-state index contributed by atoms with van der Waals surface area (Å²) in [6.45, 7) is 0. The first kappa shape index (κ1) is 9.94. The van der Waals surface area contributed by atoms with E-state index in [9.17, 15) is 14.9 Å². The van der Waals surface area contributed by atoms with Gasteiger partial charge in [-0.05, 0) is 6.07 Å². The second-order valence-corrected chi connectivity index (χ2v) is 4.51. The molecule has 2 aromatic rings. The van der Waals surface area contributed by atoms with Gasteiger partial charge in [0.15, 0.2) is 6.29 Å². The summed E-state index contributed by atoms with van der Waals surface area (Å²) < 4.78 is 0. The van der Waals surface area contributed by atoms with E-state index < -0.39 is 4.92 Å². The number of hydrogen-bond donors (Lipinski definition) is 0. The predicted molar refractivity (Wildman–Crippen MR) is 57.5 cm³/mol. The highest BCUT2D eigenvalue weighted by atomic mass is 32.1. The number of hydrogen-bond acceptors (Lipinski definition) is 6. The number of thiazole rings is 1. The Morgan fingerprint density at radius 1 is 1.47 bits per heavy atom. The fourth-order valence-corrected chi connectivity index (χ4v) is 2.65. The molecule has 0 aromatic carbocycles. The lowest BCUT2D eigenvalue weighted by Gasteiger charge is -1.85. The van der Waals surface area contributed by atoms with Crippen molar-refractivity contribution >= 4 is 34.0 Å². The zero-order valence-corrected chi connectivity index (χ0v) is 8.88. The van der Waals surface area contributed by atoms with Gasteiger partial charge in [-0.15, -0.1) is 11.3 Å². The van der Waals surface area contributed by atoms with Crippen LogP contribution in [0.2, 0.25) is 0 Å².